The van der Waals surface area contributed by atoms with E-state index in [4.69, 9.17) is 11.6 Å². The van der Waals surface area contributed by atoms with Crippen LogP contribution >= 0.6 is 11.6 Å². The van der Waals surface area contributed by atoms with Crippen LogP contribution in [0, 0.1) is 5.41 Å². The maximum Gasteiger partial charge on any atom is 0.229 e. The number of amides is 1. The second-order valence-electron chi connectivity index (χ2n) is 5.15. The summed E-state index contributed by atoms with van der Waals surface area (Å²) >= 11 is 5.74. The highest BCUT2D eigenvalue weighted by molar-refractivity contribution is 6.19. The molecule has 0 aliphatic carbocycles. The molecule has 1 rings (SSSR count). The summed E-state index contributed by atoms with van der Waals surface area (Å²) in [7, 11) is 0. The highest BCUT2D eigenvalue weighted by Gasteiger charge is 2.46. The fourth-order valence-electron chi connectivity index (χ4n) is 1.92. The van der Waals surface area contributed by atoms with Gasteiger partial charge in [0.15, 0.2) is 0 Å². The van der Waals surface area contributed by atoms with E-state index >= 15 is 0 Å². The Morgan fingerprint density at radius 2 is 2.07 bits per heavy atom. The summed E-state index contributed by atoms with van der Waals surface area (Å²) in [5.41, 5.74) is -1.16. The van der Waals surface area contributed by atoms with Gasteiger partial charge in [-0.3, -0.25) is 4.79 Å². The van der Waals surface area contributed by atoms with E-state index in [-0.39, 0.29) is 5.91 Å². The van der Waals surface area contributed by atoms with Crippen LogP contribution in [-0.2, 0) is 4.79 Å². The number of nitrogens with zero attached hydrogens (tertiary/aromatic N) is 1. The average molecular weight is 234 g/mol. The van der Waals surface area contributed by atoms with Gasteiger partial charge in [0, 0.05) is 5.88 Å². The fourth-order valence-corrected chi connectivity index (χ4v) is 2.03. The van der Waals surface area contributed by atoms with Gasteiger partial charge < -0.3 is 10.0 Å². The van der Waals surface area contributed by atoms with Crippen molar-refractivity contribution in [3.63, 3.8) is 0 Å². The Balaban J connectivity index is 2.48. The maximum atomic E-state index is 11.9. The van der Waals surface area contributed by atoms with Crippen molar-refractivity contribution in [3.8, 4) is 0 Å². The Bertz CT molecular complexity index is 247. The van der Waals surface area contributed by atoms with Gasteiger partial charge in [-0.25, -0.2) is 0 Å². The summed E-state index contributed by atoms with van der Waals surface area (Å²) in [5.74, 6) is 0.354. The molecule has 15 heavy (non-hydrogen) atoms. The molecule has 0 aromatic rings. The maximum absolute atomic E-state index is 11.9. The summed E-state index contributed by atoms with van der Waals surface area (Å²) < 4.78 is 0. The van der Waals surface area contributed by atoms with Crippen LogP contribution in [0.25, 0.3) is 0 Å². The molecule has 3 nitrogen and oxygen atoms in total. The lowest BCUT2D eigenvalue weighted by molar-refractivity contribution is -0.164. The number of likely N-dealkylation sites (tertiary alicyclic amines) is 1. The van der Waals surface area contributed by atoms with Crippen molar-refractivity contribution in [2.75, 3.05) is 19.0 Å². The Morgan fingerprint density at radius 3 is 2.47 bits per heavy atom. The first-order valence-electron chi connectivity index (χ1n) is 5.42. The number of carbonyl (C=O) groups excluding carboxylic acids is 1. The lowest BCUT2D eigenvalue weighted by Crippen LogP contribution is -2.65. The Labute approximate surface area is 96.4 Å². The Morgan fingerprint density at radius 1 is 1.53 bits per heavy atom. The smallest absolute Gasteiger partial charge is 0.229 e. The monoisotopic (exact) mass is 233 g/mol. The van der Waals surface area contributed by atoms with Crippen LogP contribution in [-0.4, -0.2) is 40.5 Å². The standard InChI is InChI=1S/C11H20ClNO2/c1-4-5-11(15)7-13(8-11)9(14)10(2,3)6-12/h15H,4-8H2,1-3H3. The van der Waals surface area contributed by atoms with Crippen LogP contribution in [0.2, 0.25) is 0 Å². The third kappa shape index (κ3) is 2.64. The zero-order chi connectivity index (χ0) is 11.7. The second kappa shape index (κ2) is 4.30. The number of rotatable bonds is 4. The van der Waals surface area contributed by atoms with Gasteiger partial charge in [0.2, 0.25) is 5.91 Å². The van der Waals surface area contributed by atoms with Crippen LogP contribution in [0.15, 0.2) is 0 Å². The van der Waals surface area contributed by atoms with E-state index in [1.807, 2.05) is 20.8 Å². The molecule has 0 bridgehead atoms. The van der Waals surface area contributed by atoms with Crippen LogP contribution in [0.4, 0.5) is 0 Å². The minimum atomic E-state index is -0.646. The second-order valence-corrected chi connectivity index (χ2v) is 5.42. The van der Waals surface area contributed by atoms with Gasteiger partial charge in [0.25, 0.3) is 0 Å². The summed E-state index contributed by atoms with van der Waals surface area (Å²) in [6, 6.07) is 0. The van der Waals surface area contributed by atoms with Gasteiger partial charge in [0.05, 0.1) is 24.1 Å². The molecule has 4 heteroatoms. The van der Waals surface area contributed by atoms with E-state index in [0.29, 0.717) is 19.0 Å². The molecule has 0 spiro atoms. The number of hydrogen-bond acceptors (Lipinski definition) is 2. The van der Waals surface area contributed by atoms with Gasteiger partial charge in [-0.15, -0.1) is 11.6 Å². The molecule has 1 aliphatic rings. The zero-order valence-corrected chi connectivity index (χ0v) is 10.5. The lowest BCUT2D eigenvalue weighted by atomic mass is 9.85. The third-order valence-corrected chi connectivity index (χ3v) is 3.55. The van der Waals surface area contributed by atoms with Crippen LogP contribution in [0.3, 0.4) is 0 Å². The van der Waals surface area contributed by atoms with Crippen molar-refractivity contribution in [2.24, 2.45) is 5.41 Å². The van der Waals surface area contributed by atoms with Gasteiger partial charge in [-0.1, -0.05) is 13.3 Å². The first kappa shape index (κ1) is 12.8. The van der Waals surface area contributed by atoms with Crippen molar-refractivity contribution < 1.29 is 9.90 Å². The average Bonchev–Trinajstić information content (AvgIpc) is 2.13. The Kier molecular flexibility index (Phi) is 3.67. The van der Waals surface area contributed by atoms with Crippen molar-refractivity contribution in [2.45, 2.75) is 39.2 Å². The van der Waals surface area contributed by atoms with Crippen molar-refractivity contribution in [1.82, 2.24) is 4.90 Å². The highest BCUT2D eigenvalue weighted by Crippen LogP contribution is 2.30. The topological polar surface area (TPSA) is 40.5 Å². The number of β-amino-alcohol motifs (C(OH)–C–C–N with tert-alkyl or cyclic N) is 1. The van der Waals surface area contributed by atoms with Crippen LogP contribution in [0.5, 0.6) is 0 Å². The summed E-state index contributed by atoms with van der Waals surface area (Å²) in [6.07, 6.45) is 1.70. The van der Waals surface area contributed by atoms with E-state index in [1.54, 1.807) is 4.90 Å². The number of halogens is 1. The van der Waals surface area contributed by atoms with E-state index in [9.17, 15) is 9.90 Å². The van der Waals surface area contributed by atoms with Gasteiger partial charge >= 0.3 is 0 Å². The molecule has 88 valence electrons. The lowest BCUT2D eigenvalue weighted by Gasteiger charge is -2.48. The summed E-state index contributed by atoms with van der Waals surface area (Å²) in [5, 5.41) is 9.94. The predicted molar refractivity (Wildman–Crippen MR) is 60.9 cm³/mol. The molecule has 1 fully saturated rings. The van der Waals surface area contributed by atoms with Crippen molar-refractivity contribution in [3.05, 3.63) is 0 Å². The van der Waals surface area contributed by atoms with Gasteiger partial charge in [0.1, 0.15) is 0 Å². The molecule has 0 atom stereocenters. The molecule has 0 aromatic carbocycles. The Hall–Kier alpha value is -0.280. The highest BCUT2D eigenvalue weighted by atomic mass is 35.5. The van der Waals surface area contributed by atoms with Crippen LogP contribution in [0.1, 0.15) is 33.6 Å². The quantitative estimate of drug-likeness (QED) is 0.750. The molecule has 1 heterocycles. The van der Waals surface area contributed by atoms with Gasteiger partial charge in [-0.2, -0.15) is 0 Å². The van der Waals surface area contributed by atoms with Crippen molar-refractivity contribution in [1.29, 1.82) is 0 Å². The number of hydrogen-bond donors (Lipinski definition) is 1. The molecule has 0 radical (unpaired) electrons. The molecule has 1 saturated heterocycles. The van der Waals surface area contributed by atoms with E-state index < -0.39 is 11.0 Å². The fraction of sp³-hybridized carbons (Fsp3) is 0.909. The number of carbonyl (C=O) groups is 1. The predicted octanol–water partition coefficient (Wildman–Crippen LogP) is 1.62. The largest absolute Gasteiger partial charge is 0.386 e. The molecule has 0 aromatic heterocycles. The number of alkyl halides is 1. The molecular weight excluding hydrogens is 214 g/mol. The molecule has 1 aliphatic heterocycles. The SMILES string of the molecule is CCCC1(O)CN(C(=O)C(C)(C)CCl)C1. The van der Waals surface area contributed by atoms with E-state index in [0.717, 1.165) is 12.8 Å². The van der Waals surface area contributed by atoms with Crippen molar-refractivity contribution >= 4 is 17.5 Å². The molecule has 0 saturated carbocycles. The minimum Gasteiger partial charge on any atom is -0.386 e. The number of aliphatic hydroxyl groups is 1. The first-order chi connectivity index (χ1) is 6.84. The molecule has 1 N–H and O–H groups in total. The van der Waals surface area contributed by atoms with E-state index in [1.165, 1.54) is 0 Å². The minimum absolute atomic E-state index is 0.0401. The molecular formula is C11H20ClNO2. The molecule has 1 amide bonds. The summed E-state index contributed by atoms with van der Waals surface area (Å²) in [6.45, 7) is 6.62. The third-order valence-electron chi connectivity index (χ3n) is 2.89. The van der Waals surface area contributed by atoms with Crippen LogP contribution < -0.4 is 0 Å². The van der Waals surface area contributed by atoms with E-state index in [2.05, 4.69) is 0 Å². The zero-order valence-electron chi connectivity index (χ0n) is 9.72. The summed E-state index contributed by atoms with van der Waals surface area (Å²) in [4.78, 5) is 13.6. The van der Waals surface area contributed by atoms with Gasteiger partial charge in [-0.05, 0) is 20.3 Å². The normalized spacial score (nSPS) is 19.9. The molecule has 0 unspecified atom stereocenters. The first-order valence-corrected chi connectivity index (χ1v) is 5.96.